The highest BCUT2D eigenvalue weighted by Gasteiger charge is 2.35. The maximum absolute atomic E-state index is 13.7. The van der Waals surface area contributed by atoms with Crippen molar-refractivity contribution in [3.8, 4) is 17.2 Å². The monoisotopic (exact) mass is 482 g/mol. The van der Waals surface area contributed by atoms with Crippen molar-refractivity contribution in [1.82, 2.24) is 0 Å². The van der Waals surface area contributed by atoms with Gasteiger partial charge in [0, 0.05) is 5.92 Å². The Bertz CT molecular complexity index is 933. The van der Waals surface area contributed by atoms with Crippen LogP contribution in [0.3, 0.4) is 0 Å². The van der Waals surface area contributed by atoms with E-state index in [0.717, 1.165) is 5.56 Å². The molecule has 34 heavy (non-hydrogen) atoms. The average Bonchev–Trinajstić information content (AvgIpc) is 2.80. The summed E-state index contributed by atoms with van der Waals surface area (Å²) in [5, 5.41) is 0. The highest BCUT2D eigenvalue weighted by atomic mass is 19.4. The largest absolute Gasteiger partial charge is 0.493 e. The van der Waals surface area contributed by atoms with Crippen LogP contribution in [0.4, 0.5) is 13.2 Å². The number of aryl methyl sites for hydroxylation is 2. The van der Waals surface area contributed by atoms with Gasteiger partial charge in [-0.3, -0.25) is 0 Å². The minimum absolute atomic E-state index is 0.144. The number of hydrogen-bond donors (Lipinski definition) is 0. The second kappa shape index (κ2) is 11.3. The topological polar surface area (TPSA) is 46.2 Å². The van der Waals surface area contributed by atoms with Gasteiger partial charge in [-0.05, 0) is 74.9 Å². The van der Waals surface area contributed by atoms with Gasteiger partial charge in [0.2, 0.25) is 0 Å². The summed E-state index contributed by atoms with van der Waals surface area (Å²) >= 11 is 0. The zero-order valence-electron chi connectivity index (χ0n) is 20.2. The van der Waals surface area contributed by atoms with E-state index in [2.05, 4.69) is 0 Å². The number of alkyl halides is 3. The van der Waals surface area contributed by atoms with Gasteiger partial charge in [-0.1, -0.05) is 12.1 Å². The van der Waals surface area contributed by atoms with Gasteiger partial charge in [-0.25, -0.2) is 0 Å². The molecule has 0 radical (unpaired) electrons. The van der Waals surface area contributed by atoms with Crippen molar-refractivity contribution in [1.29, 1.82) is 0 Å². The lowest BCUT2D eigenvalue weighted by molar-refractivity contribution is -0.262. The molecule has 3 rings (SSSR count). The molecule has 0 aromatic heterocycles. The Morgan fingerprint density at radius 1 is 0.882 bits per heavy atom. The fourth-order valence-corrected chi connectivity index (χ4v) is 3.84. The third-order valence-corrected chi connectivity index (χ3v) is 5.84. The van der Waals surface area contributed by atoms with Crippen LogP contribution >= 0.6 is 0 Å². The molecule has 0 amide bonds. The van der Waals surface area contributed by atoms with Gasteiger partial charge in [-0.2, -0.15) is 13.2 Å². The predicted octanol–water partition coefficient (Wildman–Crippen LogP) is 6.07. The predicted molar refractivity (Wildman–Crippen MR) is 123 cm³/mol. The van der Waals surface area contributed by atoms with Crippen molar-refractivity contribution < 1.29 is 36.9 Å². The third-order valence-electron chi connectivity index (χ3n) is 5.84. The molecule has 0 saturated carbocycles. The van der Waals surface area contributed by atoms with E-state index in [1.165, 1.54) is 12.1 Å². The molecule has 2 aromatic carbocycles. The zero-order valence-corrected chi connectivity index (χ0v) is 20.2. The van der Waals surface area contributed by atoms with Crippen LogP contribution in [-0.2, 0) is 28.5 Å². The van der Waals surface area contributed by atoms with Crippen LogP contribution in [0.25, 0.3) is 0 Å². The maximum Gasteiger partial charge on any atom is 0.419 e. The van der Waals surface area contributed by atoms with Gasteiger partial charge in [0.1, 0.15) is 5.75 Å². The van der Waals surface area contributed by atoms with Crippen molar-refractivity contribution in [3.05, 3.63) is 53.1 Å². The minimum Gasteiger partial charge on any atom is -0.493 e. The fraction of sp³-hybridized carbons (Fsp3) is 0.538. The maximum atomic E-state index is 13.7. The molecule has 0 bridgehead atoms. The molecule has 0 unspecified atom stereocenters. The first kappa shape index (κ1) is 26.2. The number of hydrogen-bond acceptors (Lipinski definition) is 5. The van der Waals surface area contributed by atoms with E-state index >= 15 is 0 Å². The van der Waals surface area contributed by atoms with E-state index in [0.29, 0.717) is 56.0 Å². The van der Waals surface area contributed by atoms with Gasteiger partial charge < -0.3 is 23.7 Å². The molecule has 8 heteroatoms. The van der Waals surface area contributed by atoms with Crippen molar-refractivity contribution in [2.45, 2.75) is 51.5 Å². The fourth-order valence-electron chi connectivity index (χ4n) is 3.84. The SMILES string of the molecule is COc1ccc(CCCOc2ccc(CCC3COC(C)(C)OC3)cc2C(F)(F)F)cc1OC. The van der Waals surface area contributed by atoms with Crippen LogP contribution in [0, 0.1) is 5.92 Å². The molecule has 1 saturated heterocycles. The number of halogens is 3. The Labute approximate surface area is 199 Å². The zero-order chi connectivity index (χ0) is 24.8. The number of benzene rings is 2. The average molecular weight is 483 g/mol. The molecule has 1 fully saturated rings. The van der Waals surface area contributed by atoms with E-state index in [4.69, 9.17) is 23.7 Å². The molecular weight excluding hydrogens is 449 g/mol. The van der Waals surface area contributed by atoms with E-state index in [9.17, 15) is 13.2 Å². The lowest BCUT2D eigenvalue weighted by atomic mass is 9.98. The van der Waals surface area contributed by atoms with E-state index in [1.807, 2.05) is 32.0 Å². The van der Waals surface area contributed by atoms with Crippen LogP contribution < -0.4 is 14.2 Å². The molecule has 0 atom stereocenters. The van der Waals surface area contributed by atoms with Crippen molar-refractivity contribution in [2.24, 2.45) is 5.92 Å². The Balaban J connectivity index is 1.55. The molecule has 0 spiro atoms. The number of ether oxygens (including phenoxy) is 5. The summed E-state index contributed by atoms with van der Waals surface area (Å²) in [6.45, 7) is 4.96. The van der Waals surface area contributed by atoms with Crippen LogP contribution in [0.5, 0.6) is 17.2 Å². The Morgan fingerprint density at radius 2 is 1.50 bits per heavy atom. The summed E-state index contributed by atoms with van der Waals surface area (Å²) in [7, 11) is 3.12. The molecule has 1 aliphatic heterocycles. The normalized spacial score (nSPS) is 16.3. The van der Waals surface area contributed by atoms with Crippen LogP contribution in [0.15, 0.2) is 36.4 Å². The Hall–Kier alpha value is -2.45. The molecule has 188 valence electrons. The quantitative estimate of drug-likeness (QED) is 0.385. The van der Waals surface area contributed by atoms with Gasteiger partial charge in [-0.15, -0.1) is 0 Å². The second-order valence-corrected chi connectivity index (χ2v) is 8.90. The smallest absolute Gasteiger partial charge is 0.419 e. The Kier molecular flexibility index (Phi) is 8.71. The van der Waals surface area contributed by atoms with Gasteiger partial charge in [0.15, 0.2) is 17.3 Å². The highest BCUT2D eigenvalue weighted by Crippen LogP contribution is 2.37. The highest BCUT2D eigenvalue weighted by molar-refractivity contribution is 5.43. The van der Waals surface area contributed by atoms with Crippen LogP contribution in [-0.4, -0.2) is 39.8 Å². The second-order valence-electron chi connectivity index (χ2n) is 8.90. The summed E-state index contributed by atoms with van der Waals surface area (Å²) in [6, 6.07) is 9.89. The molecule has 0 N–H and O–H groups in total. The summed E-state index contributed by atoms with van der Waals surface area (Å²) in [4.78, 5) is 0. The molecule has 2 aromatic rings. The lowest BCUT2D eigenvalue weighted by Crippen LogP contribution is -2.39. The molecule has 0 aliphatic carbocycles. The first-order chi connectivity index (χ1) is 16.1. The summed E-state index contributed by atoms with van der Waals surface area (Å²) in [6.07, 6.45) is -2.08. The van der Waals surface area contributed by atoms with Crippen molar-refractivity contribution in [2.75, 3.05) is 34.0 Å². The molecule has 1 heterocycles. The lowest BCUT2D eigenvalue weighted by Gasteiger charge is -2.35. The summed E-state index contributed by atoms with van der Waals surface area (Å²) < 4.78 is 68.4. The molecule has 1 aliphatic rings. The number of methoxy groups -OCH3 is 2. The van der Waals surface area contributed by atoms with Crippen LogP contribution in [0.1, 0.15) is 43.4 Å². The van der Waals surface area contributed by atoms with Crippen LogP contribution in [0.2, 0.25) is 0 Å². The Morgan fingerprint density at radius 3 is 2.12 bits per heavy atom. The van der Waals surface area contributed by atoms with Crippen molar-refractivity contribution >= 4 is 0 Å². The summed E-state index contributed by atoms with van der Waals surface area (Å²) in [5.74, 6) is 0.665. The van der Waals surface area contributed by atoms with Gasteiger partial charge in [0.25, 0.3) is 0 Å². The molecular formula is C26H33F3O5. The van der Waals surface area contributed by atoms with E-state index in [1.54, 1.807) is 20.3 Å². The van der Waals surface area contributed by atoms with Gasteiger partial charge in [0.05, 0.1) is 39.6 Å². The summed E-state index contributed by atoms with van der Waals surface area (Å²) in [5.41, 5.74) is 0.870. The standard InChI is InChI=1S/C26H33F3O5/c1-25(2)33-16-20(17-34-25)8-7-19-9-11-22(21(14-19)26(27,28)29)32-13-5-6-18-10-12-23(30-3)24(15-18)31-4/h9-12,14-15,20H,5-8,13,16-17H2,1-4H3. The first-order valence-electron chi connectivity index (χ1n) is 11.4. The molecule has 5 nitrogen and oxygen atoms in total. The van der Waals surface area contributed by atoms with Crippen molar-refractivity contribution in [3.63, 3.8) is 0 Å². The third kappa shape index (κ3) is 7.27. The number of rotatable bonds is 10. The first-order valence-corrected chi connectivity index (χ1v) is 11.4. The van der Waals surface area contributed by atoms with E-state index in [-0.39, 0.29) is 18.3 Å². The minimum atomic E-state index is -4.49. The van der Waals surface area contributed by atoms with E-state index < -0.39 is 17.5 Å². The van der Waals surface area contributed by atoms with Gasteiger partial charge >= 0.3 is 6.18 Å².